The molecule has 2 aromatic rings. The lowest BCUT2D eigenvalue weighted by Gasteiger charge is -2.11. The number of thiophene rings is 1. The summed E-state index contributed by atoms with van der Waals surface area (Å²) < 4.78 is 0. The lowest BCUT2D eigenvalue weighted by atomic mass is 9.95. The molecule has 1 amide bonds. The molecule has 8 heteroatoms. The van der Waals surface area contributed by atoms with Crippen molar-refractivity contribution >= 4 is 45.6 Å². The minimum absolute atomic E-state index is 0.306. The van der Waals surface area contributed by atoms with Crippen molar-refractivity contribution in [3.05, 3.63) is 62.6 Å². The standard InChI is InChI=1S/C19H17ClN2O4S/c20-11-7-5-10(6-8-11)14(23)9-13(19(25)26)22-18-16(17(21)24)12-3-1-2-4-15(12)27-18/h5-9,22H,1-4H2,(H2,21,24)(H,25,26)/b13-9-. The van der Waals surface area contributed by atoms with E-state index in [1.807, 2.05) is 0 Å². The van der Waals surface area contributed by atoms with Crippen molar-refractivity contribution in [3.8, 4) is 0 Å². The number of carboxylic acid groups (broad SMARTS) is 1. The van der Waals surface area contributed by atoms with E-state index in [9.17, 15) is 19.5 Å². The third kappa shape index (κ3) is 4.20. The second-order valence-electron chi connectivity index (χ2n) is 6.14. The number of carboxylic acids is 1. The van der Waals surface area contributed by atoms with Crippen molar-refractivity contribution in [1.82, 2.24) is 0 Å². The molecule has 27 heavy (non-hydrogen) atoms. The molecule has 1 aliphatic rings. The largest absolute Gasteiger partial charge is 0.477 e. The highest BCUT2D eigenvalue weighted by atomic mass is 35.5. The highest BCUT2D eigenvalue weighted by molar-refractivity contribution is 7.16. The number of hydrogen-bond donors (Lipinski definition) is 3. The van der Waals surface area contributed by atoms with Gasteiger partial charge in [-0.3, -0.25) is 9.59 Å². The zero-order valence-electron chi connectivity index (χ0n) is 14.3. The van der Waals surface area contributed by atoms with Crippen LogP contribution in [0.1, 0.15) is 44.0 Å². The molecular formula is C19H17ClN2O4S. The van der Waals surface area contributed by atoms with E-state index in [2.05, 4.69) is 5.32 Å². The number of ketones is 1. The van der Waals surface area contributed by atoms with Gasteiger partial charge in [-0.15, -0.1) is 11.3 Å². The molecule has 1 aromatic carbocycles. The third-order valence-corrected chi connectivity index (χ3v) is 5.76. The summed E-state index contributed by atoms with van der Waals surface area (Å²) in [5.41, 5.74) is 6.71. The monoisotopic (exact) mass is 404 g/mol. The van der Waals surface area contributed by atoms with Crippen LogP contribution in [0.3, 0.4) is 0 Å². The lowest BCUT2D eigenvalue weighted by Crippen LogP contribution is -2.18. The number of aryl methyl sites for hydroxylation is 1. The molecular weight excluding hydrogens is 388 g/mol. The fraction of sp³-hybridized carbons (Fsp3) is 0.211. The van der Waals surface area contributed by atoms with Crippen molar-refractivity contribution in [2.24, 2.45) is 5.73 Å². The molecule has 0 radical (unpaired) electrons. The molecule has 6 nitrogen and oxygen atoms in total. The molecule has 0 unspecified atom stereocenters. The van der Waals surface area contributed by atoms with Gasteiger partial charge in [0.05, 0.1) is 5.56 Å². The van der Waals surface area contributed by atoms with E-state index in [-0.39, 0.29) is 5.70 Å². The molecule has 0 saturated heterocycles. The van der Waals surface area contributed by atoms with E-state index < -0.39 is 17.7 Å². The molecule has 1 aromatic heterocycles. The molecule has 0 atom stereocenters. The molecule has 140 valence electrons. The highest BCUT2D eigenvalue weighted by Gasteiger charge is 2.25. The molecule has 0 saturated carbocycles. The van der Waals surface area contributed by atoms with Crippen molar-refractivity contribution < 1.29 is 19.5 Å². The Hall–Kier alpha value is -2.64. The number of anilines is 1. The Morgan fingerprint density at radius 1 is 1.15 bits per heavy atom. The number of aliphatic carboxylic acids is 1. The van der Waals surface area contributed by atoms with E-state index in [1.165, 1.54) is 23.5 Å². The fourth-order valence-corrected chi connectivity index (χ4v) is 4.45. The second kappa shape index (κ2) is 7.94. The number of carbonyl (C=O) groups is 3. The van der Waals surface area contributed by atoms with Gasteiger partial charge in [0.1, 0.15) is 10.7 Å². The molecule has 1 heterocycles. The topological polar surface area (TPSA) is 109 Å². The number of halogens is 1. The molecule has 4 N–H and O–H groups in total. The van der Waals surface area contributed by atoms with Crippen LogP contribution < -0.4 is 11.1 Å². The number of carbonyl (C=O) groups excluding carboxylic acids is 2. The summed E-state index contributed by atoms with van der Waals surface area (Å²) in [6, 6.07) is 6.13. The maximum atomic E-state index is 12.4. The molecule has 3 rings (SSSR count). The summed E-state index contributed by atoms with van der Waals surface area (Å²) >= 11 is 7.12. The minimum Gasteiger partial charge on any atom is -0.477 e. The first kappa shape index (κ1) is 19.1. The van der Waals surface area contributed by atoms with Gasteiger partial charge in [-0.05, 0) is 55.5 Å². The number of fused-ring (bicyclic) bond motifs is 1. The normalized spacial score (nSPS) is 13.7. The molecule has 0 bridgehead atoms. The molecule has 1 aliphatic carbocycles. The van der Waals surface area contributed by atoms with Crippen LogP contribution in [0.5, 0.6) is 0 Å². The van der Waals surface area contributed by atoms with Crippen LogP contribution in [0.15, 0.2) is 36.0 Å². The molecule has 0 aliphatic heterocycles. The zero-order valence-corrected chi connectivity index (χ0v) is 15.8. The number of nitrogens with two attached hydrogens (primary N) is 1. The Kier molecular flexibility index (Phi) is 5.62. The van der Waals surface area contributed by atoms with Crippen LogP contribution in [-0.4, -0.2) is 22.8 Å². The number of hydrogen-bond acceptors (Lipinski definition) is 5. The fourth-order valence-electron chi connectivity index (χ4n) is 3.02. The third-order valence-electron chi connectivity index (χ3n) is 4.30. The predicted octanol–water partition coefficient (Wildman–Crippen LogP) is 3.64. The van der Waals surface area contributed by atoms with E-state index in [1.54, 1.807) is 12.1 Å². The summed E-state index contributed by atoms with van der Waals surface area (Å²) in [5.74, 6) is -2.40. The van der Waals surface area contributed by atoms with Crippen LogP contribution in [0, 0.1) is 0 Å². The molecule has 0 fully saturated rings. The van der Waals surface area contributed by atoms with E-state index >= 15 is 0 Å². The Bertz CT molecular complexity index is 947. The van der Waals surface area contributed by atoms with Gasteiger partial charge in [-0.2, -0.15) is 0 Å². The predicted molar refractivity (Wildman–Crippen MR) is 105 cm³/mol. The van der Waals surface area contributed by atoms with Gasteiger partial charge in [-0.25, -0.2) is 4.79 Å². The average Bonchev–Trinajstić information content (AvgIpc) is 2.99. The van der Waals surface area contributed by atoms with Gasteiger partial charge >= 0.3 is 5.97 Å². The first-order valence-electron chi connectivity index (χ1n) is 8.33. The van der Waals surface area contributed by atoms with Crippen LogP contribution in [0.4, 0.5) is 5.00 Å². The summed E-state index contributed by atoms with van der Waals surface area (Å²) in [6.45, 7) is 0. The van der Waals surface area contributed by atoms with Gasteiger partial charge in [0.25, 0.3) is 5.91 Å². The Morgan fingerprint density at radius 3 is 2.44 bits per heavy atom. The minimum atomic E-state index is -1.31. The Labute approximate surface area is 164 Å². The van der Waals surface area contributed by atoms with Crippen molar-refractivity contribution in [3.63, 3.8) is 0 Å². The maximum absolute atomic E-state index is 12.4. The summed E-state index contributed by atoms with van der Waals surface area (Å²) in [4.78, 5) is 37.0. The molecule has 0 spiro atoms. The zero-order chi connectivity index (χ0) is 19.6. The van der Waals surface area contributed by atoms with Gasteiger partial charge in [-0.1, -0.05) is 11.6 Å². The van der Waals surface area contributed by atoms with E-state index in [4.69, 9.17) is 17.3 Å². The Balaban J connectivity index is 1.94. The number of benzene rings is 1. The van der Waals surface area contributed by atoms with Gasteiger partial charge in [0.15, 0.2) is 5.78 Å². The van der Waals surface area contributed by atoms with Gasteiger partial charge < -0.3 is 16.2 Å². The van der Waals surface area contributed by atoms with Gasteiger partial charge in [0, 0.05) is 21.5 Å². The van der Waals surface area contributed by atoms with Crippen molar-refractivity contribution in [1.29, 1.82) is 0 Å². The maximum Gasteiger partial charge on any atom is 0.352 e. The number of nitrogens with one attached hydrogen (secondary N) is 1. The van der Waals surface area contributed by atoms with Crippen LogP contribution in [-0.2, 0) is 17.6 Å². The first-order chi connectivity index (χ1) is 12.9. The van der Waals surface area contributed by atoms with Crippen molar-refractivity contribution in [2.75, 3.05) is 5.32 Å². The number of primary amides is 1. The SMILES string of the molecule is NC(=O)c1c(N/C(=C\C(=O)c2ccc(Cl)cc2)C(=O)O)sc2c1CCCC2. The summed E-state index contributed by atoms with van der Waals surface area (Å²) in [6.07, 6.45) is 4.54. The Morgan fingerprint density at radius 2 is 1.81 bits per heavy atom. The van der Waals surface area contributed by atoms with Gasteiger partial charge in [0.2, 0.25) is 0 Å². The van der Waals surface area contributed by atoms with Crippen molar-refractivity contribution in [2.45, 2.75) is 25.7 Å². The summed E-state index contributed by atoms with van der Waals surface area (Å²) in [7, 11) is 0. The quantitative estimate of drug-likeness (QED) is 0.503. The lowest BCUT2D eigenvalue weighted by molar-refractivity contribution is -0.132. The van der Waals surface area contributed by atoms with E-state index in [0.29, 0.717) is 21.2 Å². The second-order valence-corrected chi connectivity index (χ2v) is 7.68. The number of amides is 1. The average molecular weight is 405 g/mol. The van der Waals surface area contributed by atoms with Crippen LogP contribution in [0.2, 0.25) is 5.02 Å². The van der Waals surface area contributed by atoms with E-state index in [0.717, 1.165) is 42.2 Å². The first-order valence-corrected chi connectivity index (χ1v) is 9.52. The van der Waals surface area contributed by atoms with Crippen LogP contribution >= 0.6 is 22.9 Å². The smallest absolute Gasteiger partial charge is 0.352 e. The van der Waals surface area contributed by atoms with Crippen LogP contribution in [0.25, 0.3) is 0 Å². The number of allylic oxidation sites excluding steroid dienone is 1. The summed E-state index contributed by atoms with van der Waals surface area (Å²) in [5, 5.41) is 13.1. The number of rotatable bonds is 6. The highest BCUT2D eigenvalue weighted by Crippen LogP contribution is 2.38.